The summed E-state index contributed by atoms with van der Waals surface area (Å²) in [5, 5.41) is 15.3. The first kappa shape index (κ1) is 15.1. The molecule has 7 nitrogen and oxygen atoms in total. The number of nitrogens with one attached hydrogen (secondary N) is 1. The zero-order valence-electron chi connectivity index (χ0n) is 13.0. The Bertz CT molecular complexity index is 753. The largest absolute Gasteiger partial charge is 0.383 e. The van der Waals surface area contributed by atoms with Crippen molar-refractivity contribution < 1.29 is 9.26 Å². The molecule has 0 radical (unpaired) electrons. The maximum atomic E-state index is 5.27. The van der Waals surface area contributed by atoms with Gasteiger partial charge in [0.15, 0.2) is 5.69 Å². The summed E-state index contributed by atoms with van der Waals surface area (Å²) in [6.45, 7) is 3.30. The van der Waals surface area contributed by atoms with Crippen molar-refractivity contribution in [2.75, 3.05) is 25.6 Å². The molecule has 0 bridgehead atoms. The van der Waals surface area contributed by atoms with Gasteiger partial charge in [0, 0.05) is 19.2 Å². The van der Waals surface area contributed by atoms with Crippen molar-refractivity contribution in [3.63, 3.8) is 0 Å². The predicted octanol–water partition coefficient (Wildman–Crippen LogP) is 2.56. The maximum Gasteiger partial charge on any atom is 0.278 e. The average Bonchev–Trinajstić information content (AvgIpc) is 3.06. The lowest BCUT2D eigenvalue weighted by molar-refractivity contribution is 0.210. The molecule has 0 amide bonds. The molecule has 0 unspecified atom stereocenters. The molecule has 2 heterocycles. The molecule has 3 rings (SSSR count). The third-order valence-electron chi connectivity index (χ3n) is 3.23. The Labute approximate surface area is 133 Å². The summed E-state index contributed by atoms with van der Waals surface area (Å²) in [7, 11) is 1.65. The number of aryl methyl sites for hydroxylation is 1. The molecule has 0 spiro atoms. The predicted molar refractivity (Wildman–Crippen MR) is 85.9 cm³/mol. The van der Waals surface area contributed by atoms with E-state index in [4.69, 9.17) is 9.26 Å². The molecule has 0 saturated carbocycles. The van der Waals surface area contributed by atoms with Gasteiger partial charge in [-0.2, -0.15) is 4.98 Å². The zero-order chi connectivity index (χ0) is 16.1. The molecule has 1 aromatic carbocycles. The van der Waals surface area contributed by atoms with Gasteiger partial charge in [-0.15, -0.1) is 10.2 Å². The summed E-state index contributed by atoms with van der Waals surface area (Å²) in [6.07, 6.45) is 0. The number of aromatic nitrogens is 4. The zero-order valence-corrected chi connectivity index (χ0v) is 13.0. The Morgan fingerprint density at radius 3 is 2.61 bits per heavy atom. The first-order chi connectivity index (χ1) is 11.3. The smallest absolute Gasteiger partial charge is 0.278 e. The topological polar surface area (TPSA) is 86.0 Å². The van der Waals surface area contributed by atoms with Gasteiger partial charge >= 0.3 is 0 Å². The van der Waals surface area contributed by atoms with Crippen LogP contribution in [0.5, 0.6) is 0 Å². The molecular formula is C16H17N5O2. The van der Waals surface area contributed by atoms with Gasteiger partial charge in [-0.05, 0) is 19.1 Å². The molecule has 7 heteroatoms. The van der Waals surface area contributed by atoms with Crippen molar-refractivity contribution in [1.29, 1.82) is 0 Å². The van der Waals surface area contributed by atoms with Gasteiger partial charge < -0.3 is 14.6 Å². The minimum absolute atomic E-state index is 0.344. The summed E-state index contributed by atoms with van der Waals surface area (Å²) in [5.41, 5.74) is 2.62. The van der Waals surface area contributed by atoms with E-state index < -0.39 is 0 Å². The van der Waals surface area contributed by atoms with E-state index in [1.165, 1.54) is 5.56 Å². The molecule has 0 aliphatic rings. The number of rotatable bonds is 6. The molecule has 0 fully saturated rings. The Morgan fingerprint density at radius 1 is 1.09 bits per heavy atom. The van der Waals surface area contributed by atoms with Crippen molar-refractivity contribution in [2.45, 2.75) is 6.92 Å². The monoisotopic (exact) mass is 311 g/mol. The Kier molecular flexibility index (Phi) is 4.58. The van der Waals surface area contributed by atoms with Crippen molar-refractivity contribution in [2.24, 2.45) is 0 Å². The second-order valence-electron chi connectivity index (χ2n) is 5.01. The van der Waals surface area contributed by atoms with E-state index in [0.29, 0.717) is 36.4 Å². The Balaban J connectivity index is 1.73. The standard InChI is InChI=1S/C16H17N5O2/c1-11-3-5-12(6-4-11)15-18-16(23-21-15)13-7-8-14(20-19-13)17-9-10-22-2/h3-8H,9-10H2,1-2H3,(H,17,20). The molecule has 0 saturated heterocycles. The molecule has 0 aliphatic heterocycles. The van der Waals surface area contributed by atoms with Crippen LogP contribution >= 0.6 is 0 Å². The van der Waals surface area contributed by atoms with Crippen LogP contribution < -0.4 is 5.32 Å². The van der Waals surface area contributed by atoms with Crippen molar-refractivity contribution in [1.82, 2.24) is 20.3 Å². The summed E-state index contributed by atoms with van der Waals surface area (Å²) >= 11 is 0. The van der Waals surface area contributed by atoms with Gasteiger partial charge in [-0.3, -0.25) is 0 Å². The number of anilines is 1. The molecule has 0 aliphatic carbocycles. The van der Waals surface area contributed by atoms with E-state index >= 15 is 0 Å². The molecule has 3 aromatic rings. The van der Waals surface area contributed by atoms with E-state index in [2.05, 4.69) is 25.7 Å². The average molecular weight is 311 g/mol. The van der Waals surface area contributed by atoms with Crippen LogP contribution in [0.3, 0.4) is 0 Å². The third kappa shape index (κ3) is 3.70. The van der Waals surface area contributed by atoms with E-state index in [9.17, 15) is 0 Å². The lowest BCUT2D eigenvalue weighted by atomic mass is 10.1. The van der Waals surface area contributed by atoms with E-state index in [1.807, 2.05) is 37.3 Å². The van der Waals surface area contributed by atoms with Crippen LogP contribution in [-0.4, -0.2) is 40.6 Å². The minimum Gasteiger partial charge on any atom is -0.383 e. The van der Waals surface area contributed by atoms with Gasteiger partial charge in [-0.1, -0.05) is 35.0 Å². The van der Waals surface area contributed by atoms with Crippen LogP contribution in [0.15, 0.2) is 40.9 Å². The van der Waals surface area contributed by atoms with Crippen molar-refractivity contribution in [3.8, 4) is 23.0 Å². The highest BCUT2D eigenvalue weighted by Crippen LogP contribution is 2.21. The quantitative estimate of drug-likeness (QED) is 0.700. The van der Waals surface area contributed by atoms with Gasteiger partial charge in [-0.25, -0.2) is 0 Å². The number of hydrogen-bond donors (Lipinski definition) is 1. The second kappa shape index (κ2) is 6.97. The highest BCUT2D eigenvalue weighted by molar-refractivity contribution is 5.58. The van der Waals surface area contributed by atoms with Crippen LogP contribution in [-0.2, 0) is 4.74 Å². The molecule has 23 heavy (non-hydrogen) atoms. The fourth-order valence-electron chi connectivity index (χ4n) is 1.97. The number of benzene rings is 1. The van der Waals surface area contributed by atoms with Gasteiger partial charge in [0.05, 0.1) is 6.61 Å². The second-order valence-corrected chi connectivity index (χ2v) is 5.01. The Morgan fingerprint density at radius 2 is 1.91 bits per heavy atom. The summed E-state index contributed by atoms with van der Waals surface area (Å²) in [5.74, 6) is 1.55. The fourth-order valence-corrected chi connectivity index (χ4v) is 1.97. The molecule has 1 N–H and O–H groups in total. The Hall–Kier alpha value is -2.80. The van der Waals surface area contributed by atoms with Crippen LogP contribution in [0.25, 0.3) is 23.0 Å². The lowest BCUT2D eigenvalue weighted by Crippen LogP contribution is -2.09. The summed E-state index contributed by atoms with van der Waals surface area (Å²) < 4.78 is 10.2. The first-order valence-electron chi connectivity index (χ1n) is 7.24. The number of ether oxygens (including phenoxy) is 1. The highest BCUT2D eigenvalue weighted by Gasteiger charge is 2.12. The summed E-state index contributed by atoms with van der Waals surface area (Å²) in [4.78, 5) is 4.36. The molecule has 118 valence electrons. The van der Waals surface area contributed by atoms with Crippen molar-refractivity contribution in [3.05, 3.63) is 42.0 Å². The van der Waals surface area contributed by atoms with Crippen LogP contribution in [0.1, 0.15) is 5.56 Å². The fraction of sp³-hybridized carbons (Fsp3) is 0.250. The van der Waals surface area contributed by atoms with Gasteiger partial charge in [0.2, 0.25) is 5.82 Å². The molecule has 0 atom stereocenters. The van der Waals surface area contributed by atoms with Crippen LogP contribution in [0, 0.1) is 6.92 Å². The minimum atomic E-state index is 0.344. The van der Waals surface area contributed by atoms with E-state index in [-0.39, 0.29) is 0 Å². The molecular weight excluding hydrogens is 294 g/mol. The van der Waals surface area contributed by atoms with Crippen molar-refractivity contribution >= 4 is 5.82 Å². The SMILES string of the molecule is COCCNc1ccc(-c2nc(-c3ccc(C)cc3)no2)nn1. The number of methoxy groups -OCH3 is 1. The molecule has 2 aromatic heterocycles. The number of nitrogens with zero attached hydrogens (tertiary/aromatic N) is 4. The maximum absolute atomic E-state index is 5.27. The summed E-state index contributed by atoms with van der Waals surface area (Å²) in [6, 6.07) is 11.5. The van der Waals surface area contributed by atoms with Crippen LogP contribution in [0.4, 0.5) is 5.82 Å². The van der Waals surface area contributed by atoms with Gasteiger partial charge in [0.1, 0.15) is 5.82 Å². The van der Waals surface area contributed by atoms with Crippen LogP contribution in [0.2, 0.25) is 0 Å². The number of hydrogen-bond acceptors (Lipinski definition) is 7. The lowest BCUT2D eigenvalue weighted by Gasteiger charge is -2.03. The van der Waals surface area contributed by atoms with E-state index in [1.54, 1.807) is 13.2 Å². The van der Waals surface area contributed by atoms with E-state index in [0.717, 1.165) is 5.56 Å². The highest BCUT2D eigenvalue weighted by atomic mass is 16.5. The van der Waals surface area contributed by atoms with Gasteiger partial charge in [0.25, 0.3) is 5.89 Å². The normalized spacial score (nSPS) is 10.7. The third-order valence-corrected chi connectivity index (χ3v) is 3.23. The first-order valence-corrected chi connectivity index (χ1v) is 7.24.